The quantitative estimate of drug-likeness (QED) is 0.552. The van der Waals surface area contributed by atoms with Crippen molar-refractivity contribution >= 4 is 5.69 Å². The highest BCUT2D eigenvalue weighted by molar-refractivity contribution is 5.47. The average Bonchev–Trinajstić information content (AvgIpc) is 2.87. The lowest BCUT2D eigenvalue weighted by molar-refractivity contribution is 0.183. The largest absolute Gasteiger partial charge is 0.507 e. The van der Waals surface area contributed by atoms with Crippen LogP contribution < -0.4 is 15.2 Å². The van der Waals surface area contributed by atoms with Crippen molar-refractivity contribution in [3.05, 3.63) is 87.8 Å². The number of hydrogen-bond donors (Lipinski definition) is 1. The Morgan fingerprint density at radius 1 is 0.971 bits per heavy atom. The van der Waals surface area contributed by atoms with Crippen LogP contribution >= 0.6 is 0 Å². The first-order valence-corrected chi connectivity index (χ1v) is 11.6. The number of aromatic hydroxyl groups is 1. The van der Waals surface area contributed by atoms with Gasteiger partial charge in [-0.05, 0) is 42.8 Å². The van der Waals surface area contributed by atoms with E-state index in [1.165, 1.54) is 5.69 Å². The van der Waals surface area contributed by atoms with E-state index in [2.05, 4.69) is 21.9 Å². The zero-order valence-electron chi connectivity index (χ0n) is 20.1. The minimum Gasteiger partial charge on any atom is -0.507 e. The molecule has 1 aliphatic rings. The molecule has 2 heterocycles. The maximum absolute atomic E-state index is 13.7. The Labute approximate surface area is 200 Å². The molecule has 4 rings (SSSR count). The molecule has 1 aliphatic heterocycles. The predicted octanol–water partition coefficient (Wildman–Crippen LogP) is 3.43. The summed E-state index contributed by atoms with van der Waals surface area (Å²) in [6.45, 7) is 5.85. The number of para-hydroxylation sites is 1. The molecule has 7 heteroatoms. The molecule has 0 unspecified atom stereocenters. The topological polar surface area (TPSA) is 67.2 Å². The number of piperazine rings is 1. The van der Waals surface area contributed by atoms with Gasteiger partial charge in [-0.25, -0.2) is 0 Å². The summed E-state index contributed by atoms with van der Waals surface area (Å²) >= 11 is 0. The van der Waals surface area contributed by atoms with Crippen molar-refractivity contribution in [3.8, 4) is 11.5 Å². The van der Waals surface area contributed by atoms with Crippen LogP contribution in [-0.2, 0) is 11.3 Å². The molecule has 1 aromatic heterocycles. The number of anilines is 1. The zero-order chi connectivity index (χ0) is 24.1. The molecule has 0 bridgehead atoms. The van der Waals surface area contributed by atoms with Crippen LogP contribution in [0.2, 0.25) is 0 Å². The molecule has 0 aliphatic carbocycles. The molecule has 2 aromatic carbocycles. The van der Waals surface area contributed by atoms with E-state index >= 15 is 0 Å². The Bertz CT molecular complexity index is 1150. The molecular formula is C27H33N3O4. The highest BCUT2D eigenvalue weighted by atomic mass is 16.5. The molecule has 0 radical (unpaired) electrons. The van der Waals surface area contributed by atoms with E-state index < -0.39 is 6.04 Å². The van der Waals surface area contributed by atoms with Gasteiger partial charge in [0.1, 0.15) is 11.5 Å². The standard InChI is InChI=1S/C27H33N3O4/c1-20-18-24(31)25(27(32)30(20)16-17-33-2)26(21-8-7-11-23(19-21)34-3)29-14-12-28(13-15-29)22-9-5-4-6-10-22/h4-11,18-19,26,31H,12-17H2,1-3H3/t26-/m1/s1. The molecule has 1 saturated heterocycles. The average molecular weight is 464 g/mol. The number of aryl methyl sites for hydroxylation is 1. The number of methoxy groups -OCH3 is 2. The summed E-state index contributed by atoms with van der Waals surface area (Å²) in [4.78, 5) is 18.3. The first-order chi connectivity index (χ1) is 16.5. The van der Waals surface area contributed by atoms with Crippen molar-refractivity contribution in [2.75, 3.05) is 51.9 Å². The van der Waals surface area contributed by atoms with Gasteiger partial charge in [-0.15, -0.1) is 0 Å². The Balaban J connectivity index is 1.74. The molecule has 7 nitrogen and oxygen atoms in total. The molecular weight excluding hydrogens is 430 g/mol. The third kappa shape index (κ3) is 4.95. The van der Waals surface area contributed by atoms with Gasteiger partial charge in [-0.3, -0.25) is 9.69 Å². The third-order valence-corrected chi connectivity index (χ3v) is 6.53. The Kier molecular flexibility index (Phi) is 7.55. The fourth-order valence-corrected chi connectivity index (χ4v) is 4.73. The summed E-state index contributed by atoms with van der Waals surface area (Å²) in [5.74, 6) is 0.742. The fourth-order valence-electron chi connectivity index (χ4n) is 4.73. The SMILES string of the molecule is COCCn1c(C)cc(O)c([C@@H](c2cccc(OC)c2)N2CCN(c3ccccc3)CC2)c1=O. The van der Waals surface area contributed by atoms with Crippen molar-refractivity contribution < 1.29 is 14.6 Å². The number of benzene rings is 2. The summed E-state index contributed by atoms with van der Waals surface area (Å²) < 4.78 is 12.4. The van der Waals surface area contributed by atoms with Crippen molar-refractivity contribution in [1.82, 2.24) is 9.47 Å². The zero-order valence-corrected chi connectivity index (χ0v) is 20.1. The smallest absolute Gasteiger partial charge is 0.259 e. The number of aromatic nitrogens is 1. The van der Waals surface area contributed by atoms with Crippen LogP contribution in [0, 0.1) is 6.92 Å². The second-order valence-corrected chi connectivity index (χ2v) is 8.57. The highest BCUT2D eigenvalue weighted by Gasteiger charge is 2.31. The fraction of sp³-hybridized carbons (Fsp3) is 0.370. The number of pyridine rings is 1. The predicted molar refractivity (Wildman–Crippen MR) is 134 cm³/mol. The second kappa shape index (κ2) is 10.8. The number of ether oxygens (including phenoxy) is 2. The number of nitrogens with zero attached hydrogens (tertiary/aromatic N) is 3. The van der Waals surface area contributed by atoms with E-state index in [1.807, 2.05) is 49.4 Å². The van der Waals surface area contributed by atoms with E-state index in [0.29, 0.717) is 24.4 Å². The molecule has 1 atom stereocenters. The number of hydrogen-bond acceptors (Lipinski definition) is 6. The lowest BCUT2D eigenvalue weighted by Crippen LogP contribution is -2.49. The monoisotopic (exact) mass is 463 g/mol. The third-order valence-electron chi connectivity index (χ3n) is 6.53. The molecule has 34 heavy (non-hydrogen) atoms. The van der Waals surface area contributed by atoms with Gasteiger partial charge < -0.3 is 24.0 Å². The van der Waals surface area contributed by atoms with Crippen molar-refractivity contribution in [2.45, 2.75) is 19.5 Å². The van der Waals surface area contributed by atoms with E-state index in [4.69, 9.17) is 9.47 Å². The van der Waals surface area contributed by atoms with Crippen LogP contribution in [0.3, 0.4) is 0 Å². The molecule has 3 aromatic rings. The van der Waals surface area contributed by atoms with Gasteiger partial charge in [-0.1, -0.05) is 30.3 Å². The van der Waals surface area contributed by atoms with Gasteiger partial charge >= 0.3 is 0 Å². The van der Waals surface area contributed by atoms with Gasteiger partial charge in [0.15, 0.2) is 0 Å². The van der Waals surface area contributed by atoms with Gasteiger partial charge in [0.2, 0.25) is 0 Å². The van der Waals surface area contributed by atoms with Gasteiger partial charge in [0, 0.05) is 51.2 Å². The van der Waals surface area contributed by atoms with E-state index in [1.54, 1.807) is 24.9 Å². The van der Waals surface area contributed by atoms with Crippen LogP contribution in [0.25, 0.3) is 0 Å². The summed E-state index contributed by atoms with van der Waals surface area (Å²) in [5.41, 5.74) is 3.03. The van der Waals surface area contributed by atoms with Crippen LogP contribution in [0.5, 0.6) is 11.5 Å². The molecule has 180 valence electrons. The first-order valence-electron chi connectivity index (χ1n) is 11.6. The number of rotatable bonds is 8. The van der Waals surface area contributed by atoms with Crippen LogP contribution in [0.4, 0.5) is 5.69 Å². The Morgan fingerprint density at radius 3 is 2.38 bits per heavy atom. The minimum absolute atomic E-state index is 0.0227. The molecule has 1 N–H and O–H groups in total. The summed E-state index contributed by atoms with van der Waals surface area (Å²) in [6.07, 6.45) is 0. The van der Waals surface area contributed by atoms with Gasteiger partial charge in [0.05, 0.1) is 25.3 Å². The van der Waals surface area contributed by atoms with Gasteiger partial charge in [-0.2, -0.15) is 0 Å². The second-order valence-electron chi connectivity index (χ2n) is 8.57. The van der Waals surface area contributed by atoms with Crippen molar-refractivity contribution in [1.29, 1.82) is 0 Å². The molecule has 0 saturated carbocycles. The minimum atomic E-state index is -0.394. The molecule has 1 fully saturated rings. The first kappa shape index (κ1) is 23.9. The maximum Gasteiger partial charge on any atom is 0.259 e. The summed E-state index contributed by atoms with van der Waals surface area (Å²) in [7, 11) is 3.25. The van der Waals surface area contributed by atoms with E-state index in [-0.39, 0.29) is 11.3 Å². The van der Waals surface area contributed by atoms with Crippen LogP contribution in [-0.4, -0.2) is 61.6 Å². The lowest BCUT2D eigenvalue weighted by Gasteiger charge is -2.40. The van der Waals surface area contributed by atoms with E-state index in [0.717, 1.165) is 37.5 Å². The summed E-state index contributed by atoms with van der Waals surface area (Å²) in [5, 5.41) is 11.0. The normalized spacial score (nSPS) is 15.3. The van der Waals surface area contributed by atoms with Crippen molar-refractivity contribution in [3.63, 3.8) is 0 Å². The van der Waals surface area contributed by atoms with Crippen LogP contribution in [0.1, 0.15) is 22.9 Å². The lowest BCUT2D eigenvalue weighted by atomic mass is 9.95. The Hall–Kier alpha value is -3.29. The Morgan fingerprint density at radius 2 is 1.71 bits per heavy atom. The van der Waals surface area contributed by atoms with Crippen molar-refractivity contribution in [2.24, 2.45) is 0 Å². The molecule has 0 amide bonds. The maximum atomic E-state index is 13.7. The van der Waals surface area contributed by atoms with E-state index in [9.17, 15) is 9.90 Å². The highest BCUT2D eigenvalue weighted by Crippen LogP contribution is 2.35. The summed E-state index contributed by atoms with van der Waals surface area (Å²) in [6, 6.07) is 19.4. The van der Waals surface area contributed by atoms with Gasteiger partial charge in [0.25, 0.3) is 5.56 Å². The van der Waals surface area contributed by atoms with Crippen LogP contribution in [0.15, 0.2) is 65.5 Å². The molecule has 0 spiro atoms.